The lowest BCUT2D eigenvalue weighted by atomic mass is 10.2. The summed E-state index contributed by atoms with van der Waals surface area (Å²) in [5, 5.41) is 3.76. The van der Waals surface area contributed by atoms with Gasteiger partial charge in [-0.3, -0.25) is 0 Å². The van der Waals surface area contributed by atoms with Crippen molar-refractivity contribution in [1.82, 2.24) is 4.98 Å². The SMILES string of the molecule is Clc1cc(-c2cccs2)nc2cc(Br)ccc12. The van der Waals surface area contributed by atoms with Gasteiger partial charge in [0.05, 0.1) is 21.1 Å². The van der Waals surface area contributed by atoms with Crippen molar-refractivity contribution < 1.29 is 0 Å². The number of nitrogens with zero attached hydrogens (tertiary/aromatic N) is 1. The first-order valence-corrected chi connectivity index (χ1v) is 7.09. The fourth-order valence-electron chi connectivity index (χ4n) is 1.71. The fraction of sp³-hybridized carbons (Fsp3) is 0. The molecular weight excluding hydrogens is 318 g/mol. The minimum Gasteiger partial charge on any atom is -0.247 e. The first-order valence-electron chi connectivity index (χ1n) is 5.04. The minimum absolute atomic E-state index is 0.742. The zero-order chi connectivity index (χ0) is 11.8. The molecule has 0 saturated heterocycles. The number of fused-ring (bicyclic) bond motifs is 1. The van der Waals surface area contributed by atoms with Gasteiger partial charge in [0.1, 0.15) is 0 Å². The Hall–Kier alpha value is -0.900. The molecule has 0 spiro atoms. The molecule has 0 aliphatic heterocycles. The van der Waals surface area contributed by atoms with Crippen molar-refractivity contribution in [2.24, 2.45) is 0 Å². The Kier molecular flexibility index (Phi) is 2.90. The summed E-state index contributed by atoms with van der Waals surface area (Å²) in [5.74, 6) is 0. The molecule has 2 heterocycles. The highest BCUT2D eigenvalue weighted by Gasteiger charge is 2.07. The van der Waals surface area contributed by atoms with Crippen molar-refractivity contribution >= 4 is 49.8 Å². The summed E-state index contributed by atoms with van der Waals surface area (Å²) in [7, 11) is 0. The Morgan fingerprint density at radius 3 is 2.82 bits per heavy atom. The van der Waals surface area contributed by atoms with E-state index in [1.165, 1.54) is 0 Å². The Morgan fingerprint density at radius 2 is 2.06 bits per heavy atom. The summed E-state index contributed by atoms with van der Waals surface area (Å²) in [6.07, 6.45) is 0. The molecule has 17 heavy (non-hydrogen) atoms. The van der Waals surface area contributed by atoms with Gasteiger partial charge in [0.2, 0.25) is 0 Å². The van der Waals surface area contributed by atoms with Crippen LogP contribution in [0, 0.1) is 0 Å². The quantitative estimate of drug-likeness (QED) is 0.585. The van der Waals surface area contributed by atoms with Gasteiger partial charge in [0.15, 0.2) is 0 Å². The van der Waals surface area contributed by atoms with Gasteiger partial charge in [-0.15, -0.1) is 11.3 Å². The average molecular weight is 325 g/mol. The topological polar surface area (TPSA) is 12.9 Å². The molecule has 3 rings (SSSR count). The van der Waals surface area contributed by atoms with Crippen LogP contribution < -0.4 is 0 Å². The molecule has 2 aromatic heterocycles. The van der Waals surface area contributed by atoms with E-state index in [4.69, 9.17) is 11.6 Å². The van der Waals surface area contributed by atoms with Crippen LogP contribution in [0.2, 0.25) is 5.02 Å². The molecule has 0 amide bonds. The van der Waals surface area contributed by atoms with E-state index in [9.17, 15) is 0 Å². The van der Waals surface area contributed by atoms with Gasteiger partial charge in [-0.2, -0.15) is 0 Å². The summed E-state index contributed by atoms with van der Waals surface area (Å²) in [5.41, 5.74) is 1.84. The van der Waals surface area contributed by atoms with Crippen LogP contribution in [0.5, 0.6) is 0 Å². The lowest BCUT2D eigenvalue weighted by molar-refractivity contribution is 1.41. The molecule has 0 N–H and O–H groups in total. The largest absolute Gasteiger partial charge is 0.247 e. The molecular formula is C13H7BrClNS. The molecule has 0 radical (unpaired) electrons. The van der Waals surface area contributed by atoms with Crippen LogP contribution in [-0.4, -0.2) is 4.98 Å². The normalized spacial score (nSPS) is 10.9. The van der Waals surface area contributed by atoms with Crippen molar-refractivity contribution in [1.29, 1.82) is 0 Å². The predicted molar refractivity (Wildman–Crippen MR) is 77.8 cm³/mol. The van der Waals surface area contributed by atoms with Crippen molar-refractivity contribution in [2.75, 3.05) is 0 Å². The number of pyridine rings is 1. The molecule has 0 aliphatic carbocycles. The van der Waals surface area contributed by atoms with E-state index >= 15 is 0 Å². The van der Waals surface area contributed by atoms with Crippen LogP contribution in [0.25, 0.3) is 21.5 Å². The maximum absolute atomic E-state index is 6.28. The lowest BCUT2D eigenvalue weighted by Gasteiger charge is -2.04. The van der Waals surface area contributed by atoms with Crippen molar-refractivity contribution in [3.63, 3.8) is 0 Å². The molecule has 1 nitrogen and oxygen atoms in total. The second-order valence-corrected chi connectivity index (χ2v) is 5.90. The standard InChI is InChI=1S/C13H7BrClNS/c14-8-3-4-9-10(15)7-12(16-11(9)6-8)13-2-1-5-17-13/h1-7H. The van der Waals surface area contributed by atoms with Gasteiger partial charge in [0.25, 0.3) is 0 Å². The van der Waals surface area contributed by atoms with Crippen LogP contribution in [0.3, 0.4) is 0 Å². The van der Waals surface area contributed by atoms with Gasteiger partial charge in [-0.1, -0.05) is 39.7 Å². The molecule has 4 heteroatoms. The Balaban J connectivity index is 2.29. The van der Waals surface area contributed by atoms with E-state index in [0.29, 0.717) is 0 Å². The van der Waals surface area contributed by atoms with Crippen LogP contribution in [0.15, 0.2) is 46.3 Å². The van der Waals surface area contributed by atoms with Crippen LogP contribution in [0.4, 0.5) is 0 Å². The maximum atomic E-state index is 6.28. The third-order valence-corrected chi connectivity index (χ3v) is 4.19. The average Bonchev–Trinajstić information content (AvgIpc) is 2.81. The highest BCUT2D eigenvalue weighted by atomic mass is 79.9. The Morgan fingerprint density at radius 1 is 1.18 bits per heavy atom. The third-order valence-electron chi connectivity index (χ3n) is 2.50. The van der Waals surface area contributed by atoms with Gasteiger partial charge in [-0.25, -0.2) is 4.98 Å². The highest BCUT2D eigenvalue weighted by molar-refractivity contribution is 9.10. The zero-order valence-electron chi connectivity index (χ0n) is 8.65. The number of benzene rings is 1. The fourth-order valence-corrected chi connectivity index (χ4v) is 3.01. The van der Waals surface area contributed by atoms with Crippen LogP contribution in [-0.2, 0) is 0 Å². The monoisotopic (exact) mass is 323 g/mol. The minimum atomic E-state index is 0.742. The zero-order valence-corrected chi connectivity index (χ0v) is 11.8. The van der Waals surface area contributed by atoms with Crippen molar-refractivity contribution in [2.45, 2.75) is 0 Å². The molecule has 3 aromatic rings. The van der Waals surface area contributed by atoms with E-state index in [0.717, 1.165) is 31.0 Å². The highest BCUT2D eigenvalue weighted by Crippen LogP contribution is 2.31. The van der Waals surface area contributed by atoms with E-state index in [2.05, 4.69) is 20.9 Å². The van der Waals surface area contributed by atoms with Crippen LogP contribution in [0.1, 0.15) is 0 Å². The summed E-state index contributed by atoms with van der Waals surface area (Å²) < 4.78 is 1.01. The molecule has 1 aromatic carbocycles. The summed E-state index contributed by atoms with van der Waals surface area (Å²) in [4.78, 5) is 5.77. The van der Waals surface area contributed by atoms with E-state index in [1.54, 1.807) is 11.3 Å². The second-order valence-electron chi connectivity index (χ2n) is 3.63. The van der Waals surface area contributed by atoms with Gasteiger partial charge in [-0.05, 0) is 29.6 Å². The lowest BCUT2D eigenvalue weighted by Crippen LogP contribution is -1.84. The second kappa shape index (κ2) is 4.41. The van der Waals surface area contributed by atoms with Gasteiger partial charge in [0, 0.05) is 9.86 Å². The summed E-state index contributed by atoms with van der Waals surface area (Å²) >= 11 is 11.4. The number of hydrogen-bond donors (Lipinski definition) is 0. The molecule has 84 valence electrons. The number of rotatable bonds is 1. The van der Waals surface area contributed by atoms with Gasteiger partial charge >= 0.3 is 0 Å². The molecule has 0 unspecified atom stereocenters. The number of aromatic nitrogens is 1. The van der Waals surface area contributed by atoms with Gasteiger partial charge < -0.3 is 0 Å². The molecule has 0 saturated carbocycles. The van der Waals surface area contributed by atoms with Crippen molar-refractivity contribution in [3.05, 3.63) is 51.3 Å². The van der Waals surface area contributed by atoms with E-state index in [1.807, 2.05) is 41.8 Å². The Bertz CT molecular complexity index is 679. The van der Waals surface area contributed by atoms with E-state index < -0.39 is 0 Å². The number of halogens is 2. The molecule has 0 atom stereocenters. The first-order chi connectivity index (χ1) is 8.24. The van der Waals surface area contributed by atoms with E-state index in [-0.39, 0.29) is 0 Å². The molecule has 0 bridgehead atoms. The number of hydrogen-bond acceptors (Lipinski definition) is 2. The summed E-state index contributed by atoms with van der Waals surface area (Å²) in [6, 6.07) is 11.9. The molecule has 0 fully saturated rings. The smallest absolute Gasteiger partial charge is 0.0824 e. The number of thiophene rings is 1. The predicted octanol–water partition coefficient (Wildman–Crippen LogP) is 5.38. The summed E-state index contributed by atoms with van der Waals surface area (Å²) in [6.45, 7) is 0. The Labute approximate surface area is 116 Å². The van der Waals surface area contributed by atoms with Crippen LogP contribution >= 0.6 is 38.9 Å². The third kappa shape index (κ3) is 2.10. The molecule has 0 aliphatic rings. The maximum Gasteiger partial charge on any atom is 0.0824 e. The van der Waals surface area contributed by atoms with Crippen molar-refractivity contribution in [3.8, 4) is 10.6 Å². The first kappa shape index (κ1) is 11.2.